The topological polar surface area (TPSA) is 46.2 Å². The Labute approximate surface area is 203 Å². The van der Waals surface area contributed by atoms with Crippen molar-refractivity contribution in [2.24, 2.45) is 0 Å². The summed E-state index contributed by atoms with van der Waals surface area (Å²) in [5, 5.41) is 2.93. The first-order valence-electron chi connectivity index (χ1n) is 11.5. The molecular formula is C27H36ClFN2O2. The van der Waals surface area contributed by atoms with Gasteiger partial charge < -0.3 is 22.2 Å². The van der Waals surface area contributed by atoms with Gasteiger partial charge in [-0.2, -0.15) is 0 Å². The molecule has 33 heavy (non-hydrogen) atoms. The highest BCUT2D eigenvalue weighted by Gasteiger charge is 2.19. The first kappa shape index (κ1) is 28.5. The zero-order valence-electron chi connectivity index (χ0n) is 19.9. The number of anilines is 1. The molecule has 0 heterocycles. The Kier molecular flexibility index (Phi) is 12.6. The number of nitrogens with zero attached hydrogens (tertiary/aromatic N) is 1. The molecule has 4 nitrogen and oxygen atoms in total. The molecule has 1 amide bonds. The van der Waals surface area contributed by atoms with Crippen LogP contribution in [0.25, 0.3) is 6.08 Å². The predicted molar refractivity (Wildman–Crippen MR) is 130 cm³/mol. The van der Waals surface area contributed by atoms with Crippen molar-refractivity contribution in [2.75, 3.05) is 32.5 Å². The van der Waals surface area contributed by atoms with E-state index < -0.39 is 0 Å². The molecule has 0 unspecified atom stereocenters. The lowest BCUT2D eigenvalue weighted by atomic mass is 10.1. The zero-order valence-corrected chi connectivity index (χ0v) is 20.7. The fourth-order valence-corrected chi connectivity index (χ4v) is 3.55. The van der Waals surface area contributed by atoms with E-state index in [4.69, 9.17) is 0 Å². The van der Waals surface area contributed by atoms with Gasteiger partial charge in [0, 0.05) is 11.3 Å². The third kappa shape index (κ3) is 11.3. The Bertz CT molecular complexity index is 893. The van der Waals surface area contributed by atoms with Crippen LogP contribution >= 0.6 is 0 Å². The number of hydrogen-bond acceptors (Lipinski definition) is 2. The van der Waals surface area contributed by atoms with Crippen molar-refractivity contribution < 1.29 is 30.9 Å². The van der Waals surface area contributed by atoms with Crippen molar-refractivity contribution in [3.8, 4) is 0 Å². The Balaban J connectivity index is 0.00000544. The molecule has 2 rings (SSSR count). The first-order chi connectivity index (χ1) is 15.3. The van der Waals surface area contributed by atoms with Gasteiger partial charge in [-0.3, -0.25) is 9.59 Å². The second kappa shape index (κ2) is 14.6. The van der Waals surface area contributed by atoms with Gasteiger partial charge in [-0.25, -0.2) is 4.39 Å². The molecule has 0 aromatic heterocycles. The number of nitrogens with one attached hydrogen (secondary N) is 1. The minimum atomic E-state index is -0.310. The standard InChI is InChI=1S/C27H35FN2O2.ClH/c1-4-5-6-7-8-9-20-30(2,3)21-27(32)29-25-17-13-23(14-18-25)26(31)19-12-22-10-15-24(28)16-11-22;/h10-19H,4-9,20-21H2,1-3H3;1H/b19-12+;. The lowest BCUT2D eigenvalue weighted by Crippen LogP contribution is -3.00. The number of unbranched alkanes of at least 4 members (excludes halogenated alkanes) is 5. The van der Waals surface area contributed by atoms with Crippen LogP contribution in [-0.2, 0) is 4.79 Å². The van der Waals surface area contributed by atoms with Crippen LogP contribution in [0, 0.1) is 5.82 Å². The van der Waals surface area contributed by atoms with Crippen molar-refractivity contribution in [2.45, 2.75) is 45.4 Å². The Hall–Kier alpha value is -2.50. The highest BCUT2D eigenvalue weighted by molar-refractivity contribution is 6.07. The Morgan fingerprint density at radius 2 is 1.52 bits per heavy atom. The lowest BCUT2D eigenvalue weighted by molar-refractivity contribution is -0.882. The number of halogens is 2. The number of quaternary nitrogens is 1. The second-order valence-corrected chi connectivity index (χ2v) is 8.96. The van der Waals surface area contributed by atoms with E-state index in [1.807, 2.05) is 0 Å². The zero-order chi connectivity index (χ0) is 23.4. The smallest absolute Gasteiger partial charge is 0.279 e. The molecule has 0 fully saturated rings. The van der Waals surface area contributed by atoms with Gasteiger partial charge in [0.1, 0.15) is 5.82 Å². The largest absolute Gasteiger partial charge is 1.00 e. The molecule has 0 aliphatic rings. The second-order valence-electron chi connectivity index (χ2n) is 8.96. The van der Waals surface area contributed by atoms with Crippen LogP contribution in [0.1, 0.15) is 61.4 Å². The summed E-state index contributed by atoms with van der Waals surface area (Å²) in [4.78, 5) is 24.8. The van der Waals surface area contributed by atoms with Crippen LogP contribution in [0.5, 0.6) is 0 Å². The van der Waals surface area contributed by atoms with E-state index in [-0.39, 0.29) is 29.9 Å². The lowest BCUT2D eigenvalue weighted by Gasteiger charge is -2.29. The normalized spacial score (nSPS) is 11.3. The molecule has 0 bridgehead atoms. The summed E-state index contributed by atoms with van der Waals surface area (Å²) < 4.78 is 13.6. The van der Waals surface area contributed by atoms with Crippen LogP contribution in [0.4, 0.5) is 10.1 Å². The maximum Gasteiger partial charge on any atom is 0.279 e. The van der Waals surface area contributed by atoms with E-state index in [2.05, 4.69) is 26.3 Å². The van der Waals surface area contributed by atoms with E-state index in [0.29, 0.717) is 22.3 Å². The van der Waals surface area contributed by atoms with E-state index in [1.54, 1.807) is 42.5 Å². The van der Waals surface area contributed by atoms with E-state index in [1.165, 1.54) is 50.3 Å². The number of allylic oxidation sites excluding steroid dienone is 1. The molecule has 6 heteroatoms. The van der Waals surface area contributed by atoms with Crippen molar-refractivity contribution in [3.05, 3.63) is 71.6 Å². The minimum Gasteiger partial charge on any atom is -1.00 e. The molecule has 0 saturated carbocycles. The maximum absolute atomic E-state index is 13.0. The van der Waals surface area contributed by atoms with Gasteiger partial charge in [0.2, 0.25) is 0 Å². The average molecular weight is 475 g/mol. The summed E-state index contributed by atoms with van der Waals surface area (Å²) in [7, 11) is 4.17. The van der Waals surface area contributed by atoms with Crippen LogP contribution in [-0.4, -0.2) is 43.4 Å². The monoisotopic (exact) mass is 474 g/mol. The molecule has 0 radical (unpaired) electrons. The third-order valence-corrected chi connectivity index (χ3v) is 5.44. The van der Waals surface area contributed by atoms with Gasteiger partial charge in [0.15, 0.2) is 12.3 Å². The van der Waals surface area contributed by atoms with Crippen LogP contribution < -0.4 is 17.7 Å². The summed E-state index contributed by atoms with van der Waals surface area (Å²) in [5.74, 6) is -0.490. The number of carbonyl (C=O) groups is 2. The summed E-state index contributed by atoms with van der Waals surface area (Å²) in [6.45, 7) is 3.61. The Morgan fingerprint density at radius 3 is 2.15 bits per heavy atom. The molecule has 2 aromatic carbocycles. The minimum absolute atomic E-state index is 0. The molecule has 1 N–H and O–H groups in total. The van der Waals surface area contributed by atoms with E-state index in [9.17, 15) is 14.0 Å². The molecule has 0 aliphatic carbocycles. The molecule has 0 saturated heterocycles. The van der Waals surface area contributed by atoms with Gasteiger partial charge in [0.25, 0.3) is 5.91 Å². The van der Waals surface area contributed by atoms with E-state index >= 15 is 0 Å². The number of benzene rings is 2. The van der Waals surface area contributed by atoms with E-state index in [0.717, 1.165) is 18.5 Å². The fourth-order valence-electron chi connectivity index (χ4n) is 3.55. The number of carbonyl (C=O) groups excluding carboxylic acids is 2. The average Bonchev–Trinajstić information content (AvgIpc) is 2.75. The van der Waals surface area contributed by atoms with Crippen molar-refractivity contribution in [1.82, 2.24) is 0 Å². The quantitative estimate of drug-likeness (QED) is 0.210. The van der Waals surface area contributed by atoms with Gasteiger partial charge in [-0.1, -0.05) is 50.8 Å². The molecule has 0 atom stereocenters. The first-order valence-corrected chi connectivity index (χ1v) is 11.5. The fraction of sp³-hybridized carbons (Fsp3) is 0.407. The van der Waals surface area contributed by atoms with Crippen LogP contribution in [0.2, 0.25) is 0 Å². The number of amides is 1. The number of rotatable bonds is 13. The van der Waals surface area contributed by atoms with Crippen LogP contribution in [0.15, 0.2) is 54.6 Å². The van der Waals surface area contributed by atoms with Gasteiger partial charge >= 0.3 is 0 Å². The van der Waals surface area contributed by atoms with Crippen molar-refractivity contribution in [1.29, 1.82) is 0 Å². The van der Waals surface area contributed by atoms with Crippen molar-refractivity contribution in [3.63, 3.8) is 0 Å². The molecule has 2 aromatic rings. The summed E-state index contributed by atoms with van der Waals surface area (Å²) in [5.41, 5.74) is 1.96. The number of ketones is 1. The number of hydrogen-bond donors (Lipinski definition) is 1. The third-order valence-electron chi connectivity index (χ3n) is 5.44. The molecular weight excluding hydrogens is 439 g/mol. The van der Waals surface area contributed by atoms with Gasteiger partial charge in [0.05, 0.1) is 20.6 Å². The molecule has 0 spiro atoms. The van der Waals surface area contributed by atoms with Crippen LogP contribution in [0.3, 0.4) is 0 Å². The predicted octanol–water partition coefficient (Wildman–Crippen LogP) is 3.10. The van der Waals surface area contributed by atoms with Crippen molar-refractivity contribution >= 4 is 23.5 Å². The van der Waals surface area contributed by atoms with Gasteiger partial charge in [-0.15, -0.1) is 0 Å². The molecule has 0 aliphatic heterocycles. The highest BCUT2D eigenvalue weighted by Crippen LogP contribution is 2.13. The maximum atomic E-state index is 13.0. The highest BCUT2D eigenvalue weighted by atomic mass is 35.5. The summed E-state index contributed by atoms with van der Waals surface area (Å²) in [6.07, 6.45) is 10.6. The molecule has 180 valence electrons. The van der Waals surface area contributed by atoms with Gasteiger partial charge in [-0.05, 0) is 60.9 Å². The number of likely N-dealkylation sites (N-methyl/N-ethyl adjacent to an activating group) is 1. The SMILES string of the molecule is CCCCCCCC[N+](C)(C)CC(=O)Nc1ccc(C(=O)/C=C/c2ccc(F)cc2)cc1.[Cl-]. The summed E-state index contributed by atoms with van der Waals surface area (Å²) >= 11 is 0. The summed E-state index contributed by atoms with van der Waals surface area (Å²) in [6, 6.07) is 12.8. The Morgan fingerprint density at radius 1 is 0.909 bits per heavy atom.